The van der Waals surface area contributed by atoms with Crippen molar-refractivity contribution in [3.05, 3.63) is 38.3 Å². The molecule has 2 aromatic heterocycles. The van der Waals surface area contributed by atoms with E-state index in [9.17, 15) is 4.79 Å². The van der Waals surface area contributed by atoms with Gasteiger partial charge in [0.05, 0.1) is 22.3 Å². The SMILES string of the molecule is CCOC(=O)c1cnn(C)c1CNCc1ccc(Br)s1. The van der Waals surface area contributed by atoms with Crippen LogP contribution in [0.5, 0.6) is 0 Å². The van der Waals surface area contributed by atoms with Crippen molar-refractivity contribution < 1.29 is 9.53 Å². The molecule has 0 aliphatic heterocycles. The molecule has 0 amide bonds. The molecule has 0 saturated carbocycles. The van der Waals surface area contributed by atoms with Gasteiger partial charge in [0, 0.05) is 25.0 Å². The van der Waals surface area contributed by atoms with Crippen LogP contribution in [0.1, 0.15) is 27.9 Å². The van der Waals surface area contributed by atoms with Crippen LogP contribution >= 0.6 is 27.3 Å². The standard InChI is InChI=1S/C13H16BrN3O2S/c1-3-19-13(18)10-7-16-17(2)11(10)8-15-6-9-4-5-12(14)20-9/h4-5,7,15H,3,6,8H2,1-2H3. The van der Waals surface area contributed by atoms with Crippen LogP contribution in [0.3, 0.4) is 0 Å². The second-order valence-electron chi connectivity index (χ2n) is 4.16. The van der Waals surface area contributed by atoms with Gasteiger partial charge in [-0.3, -0.25) is 4.68 Å². The van der Waals surface area contributed by atoms with Gasteiger partial charge in [-0.05, 0) is 35.0 Å². The van der Waals surface area contributed by atoms with Crippen molar-refractivity contribution >= 4 is 33.2 Å². The van der Waals surface area contributed by atoms with Crippen LogP contribution in [0.25, 0.3) is 0 Å². The molecule has 0 unspecified atom stereocenters. The summed E-state index contributed by atoms with van der Waals surface area (Å²) < 4.78 is 7.84. The lowest BCUT2D eigenvalue weighted by atomic mass is 10.2. The Morgan fingerprint density at radius 1 is 1.50 bits per heavy atom. The van der Waals surface area contributed by atoms with Crippen molar-refractivity contribution in [3.8, 4) is 0 Å². The first kappa shape index (κ1) is 15.2. The number of aromatic nitrogens is 2. The molecule has 0 fully saturated rings. The van der Waals surface area contributed by atoms with E-state index in [-0.39, 0.29) is 5.97 Å². The molecule has 0 radical (unpaired) electrons. The van der Waals surface area contributed by atoms with Crippen molar-refractivity contribution in [1.29, 1.82) is 0 Å². The van der Waals surface area contributed by atoms with Gasteiger partial charge in [0.25, 0.3) is 0 Å². The van der Waals surface area contributed by atoms with Crippen molar-refractivity contribution in [2.75, 3.05) is 6.61 Å². The van der Waals surface area contributed by atoms with Crippen molar-refractivity contribution in [2.24, 2.45) is 7.05 Å². The third-order valence-electron chi connectivity index (χ3n) is 2.78. The molecule has 7 heteroatoms. The molecule has 2 heterocycles. The number of thiophene rings is 1. The predicted molar refractivity (Wildman–Crippen MR) is 81.7 cm³/mol. The number of rotatable bonds is 6. The zero-order chi connectivity index (χ0) is 14.5. The van der Waals surface area contributed by atoms with E-state index in [1.165, 1.54) is 4.88 Å². The molecule has 2 aromatic rings. The third kappa shape index (κ3) is 3.68. The lowest BCUT2D eigenvalue weighted by molar-refractivity contribution is 0.0524. The van der Waals surface area contributed by atoms with Gasteiger partial charge in [0.1, 0.15) is 5.56 Å². The number of hydrogen-bond donors (Lipinski definition) is 1. The summed E-state index contributed by atoms with van der Waals surface area (Å²) in [6, 6.07) is 4.09. The number of carbonyl (C=O) groups is 1. The third-order valence-corrected chi connectivity index (χ3v) is 4.40. The number of esters is 1. The van der Waals surface area contributed by atoms with Gasteiger partial charge in [-0.25, -0.2) is 4.79 Å². The van der Waals surface area contributed by atoms with E-state index >= 15 is 0 Å². The van der Waals surface area contributed by atoms with Crippen molar-refractivity contribution in [2.45, 2.75) is 20.0 Å². The maximum Gasteiger partial charge on any atom is 0.341 e. The maximum atomic E-state index is 11.8. The van der Waals surface area contributed by atoms with E-state index in [1.54, 1.807) is 29.1 Å². The molecule has 0 aromatic carbocycles. The summed E-state index contributed by atoms with van der Waals surface area (Å²) in [4.78, 5) is 13.0. The van der Waals surface area contributed by atoms with Gasteiger partial charge in [-0.2, -0.15) is 5.10 Å². The highest BCUT2D eigenvalue weighted by molar-refractivity contribution is 9.11. The Morgan fingerprint density at radius 3 is 2.95 bits per heavy atom. The highest BCUT2D eigenvalue weighted by Gasteiger charge is 2.16. The minimum atomic E-state index is -0.323. The van der Waals surface area contributed by atoms with Crippen LogP contribution in [0.15, 0.2) is 22.1 Å². The second-order valence-corrected chi connectivity index (χ2v) is 6.71. The molecule has 0 saturated heterocycles. The fourth-order valence-electron chi connectivity index (χ4n) is 1.80. The van der Waals surface area contributed by atoms with E-state index in [4.69, 9.17) is 4.74 Å². The summed E-state index contributed by atoms with van der Waals surface area (Å²) in [6.45, 7) is 3.48. The smallest absolute Gasteiger partial charge is 0.341 e. The fraction of sp³-hybridized carbons (Fsp3) is 0.385. The van der Waals surface area contributed by atoms with Crippen LogP contribution in [0.4, 0.5) is 0 Å². The number of halogens is 1. The molecule has 0 aliphatic carbocycles. The molecule has 0 spiro atoms. The first-order chi connectivity index (χ1) is 9.61. The van der Waals surface area contributed by atoms with Gasteiger partial charge in [-0.15, -0.1) is 11.3 Å². The van der Waals surface area contributed by atoms with Gasteiger partial charge in [0.15, 0.2) is 0 Å². The predicted octanol–water partition coefficient (Wildman–Crippen LogP) is 2.71. The Labute approximate surface area is 130 Å². The highest BCUT2D eigenvalue weighted by Crippen LogP contribution is 2.21. The Balaban J connectivity index is 1.98. The maximum absolute atomic E-state index is 11.8. The summed E-state index contributed by atoms with van der Waals surface area (Å²) in [5, 5.41) is 7.44. The minimum absolute atomic E-state index is 0.323. The summed E-state index contributed by atoms with van der Waals surface area (Å²) in [7, 11) is 1.82. The summed E-state index contributed by atoms with van der Waals surface area (Å²) in [5.41, 5.74) is 1.35. The lowest BCUT2D eigenvalue weighted by Crippen LogP contribution is -2.18. The Morgan fingerprint density at radius 2 is 2.30 bits per heavy atom. The number of carbonyl (C=O) groups excluding carboxylic acids is 1. The second kappa shape index (κ2) is 7.01. The zero-order valence-electron chi connectivity index (χ0n) is 11.4. The largest absolute Gasteiger partial charge is 0.462 e. The van der Waals surface area contributed by atoms with Gasteiger partial charge in [-0.1, -0.05) is 0 Å². The molecular formula is C13H16BrN3O2S. The zero-order valence-corrected chi connectivity index (χ0v) is 13.8. The van der Waals surface area contributed by atoms with E-state index < -0.39 is 0 Å². The van der Waals surface area contributed by atoms with E-state index in [1.807, 2.05) is 13.1 Å². The molecule has 0 atom stereocenters. The number of nitrogens with one attached hydrogen (secondary N) is 1. The number of hydrogen-bond acceptors (Lipinski definition) is 5. The topological polar surface area (TPSA) is 56.1 Å². The van der Waals surface area contributed by atoms with Crippen LogP contribution in [0.2, 0.25) is 0 Å². The molecular weight excluding hydrogens is 342 g/mol. The van der Waals surface area contributed by atoms with Crippen molar-refractivity contribution in [1.82, 2.24) is 15.1 Å². The molecule has 20 heavy (non-hydrogen) atoms. The minimum Gasteiger partial charge on any atom is -0.462 e. The van der Waals surface area contributed by atoms with Crippen LogP contribution < -0.4 is 5.32 Å². The summed E-state index contributed by atoms with van der Waals surface area (Å²) in [6.07, 6.45) is 1.55. The Hall–Kier alpha value is -1.18. The number of ether oxygens (including phenoxy) is 1. The quantitative estimate of drug-likeness (QED) is 0.807. The average molecular weight is 358 g/mol. The average Bonchev–Trinajstić information content (AvgIpc) is 2.97. The molecule has 108 valence electrons. The van der Waals surface area contributed by atoms with Gasteiger partial charge in [0.2, 0.25) is 0 Å². The Kier molecular flexibility index (Phi) is 5.33. The van der Waals surface area contributed by atoms with Crippen LogP contribution in [-0.2, 0) is 24.9 Å². The lowest BCUT2D eigenvalue weighted by Gasteiger charge is -2.07. The molecule has 5 nitrogen and oxygen atoms in total. The molecule has 2 rings (SSSR count). The molecule has 0 aliphatic rings. The Bertz CT molecular complexity index is 594. The summed E-state index contributed by atoms with van der Waals surface area (Å²) >= 11 is 5.13. The molecule has 0 bridgehead atoms. The first-order valence-corrected chi connectivity index (χ1v) is 7.85. The van der Waals surface area contributed by atoms with E-state index in [0.717, 1.165) is 16.0 Å². The monoisotopic (exact) mass is 357 g/mol. The van der Waals surface area contributed by atoms with Crippen LogP contribution in [-0.4, -0.2) is 22.4 Å². The van der Waals surface area contributed by atoms with Crippen molar-refractivity contribution in [3.63, 3.8) is 0 Å². The van der Waals surface area contributed by atoms with E-state index in [2.05, 4.69) is 32.4 Å². The van der Waals surface area contributed by atoms with Gasteiger partial charge < -0.3 is 10.1 Å². The van der Waals surface area contributed by atoms with Crippen LogP contribution in [0, 0.1) is 0 Å². The van der Waals surface area contributed by atoms with E-state index in [0.29, 0.717) is 18.7 Å². The fourth-order valence-corrected chi connectivity index (χ4v) is 3.26. The number of nitrogens with zero attached hydrogens (tertiary/aromatic N) is 2. The summed E-state index contributed by atoms with van der Waals surface area (Å²) in [5.74, 6) is -0.323. The first-order valence-electron chi connectivity index (χ1n) is 6.24. The van der Waals surface area contributed by atoms with Gasteiger partial charge >= 0.3 is 5.97 Å². The number of aryl methyl sites for hydroxylation is 1. The molecule has 1 N–H and O–H groups in total. The normalized spacial score (nSPS) is 10.8. The highest BCUT2D eigenvalue weighted by atomic mass is 79.9.